The van der Waals surface area contributed by atoms with E-state index in [-0.39, 0.29) is 30.7 Å². The van der Waals surface area contributed by atoms with Gasteiger partial charge in [0.2, 0.25) is 11.9 Å². The molecule has 4 rings (SSSR count). The minimum Gasteiger partial charge on any atom is -0.353 e. The average molecular weight is 417 g/mol. The zero-order valence-corrected chi connectivity index (χ0v) is 17.7. The third kappa shape index (κ3) is 4.41. The van der Waals surface area contributed by atoms with Crippen LogP contribution in [0.25, 0.3) is 0 Å². The second-order valence-electron chi connectivity index (χ2n) is 7.79. The summed E-state index contributed by atoms with van der Waals surface area (Å²) in [4.78, 5) is 28.0. The number of aromatic nitrogens is 2. The first kappa shape index (κ1) is 22.0. The van der Waals surface area contributed by atoms with E-state index in [0.29, 0.717) is 11.3 Å². The Hall–Kier alpha value is -1.31. The number of hydrogen-bond acceptors (Lipinski definition) is 6. The van der Waals surface area contributed by atoms with Crippen LogP contribution < -0.4 is 15.1 Å². The van der Waals surface area contributed by atoms with Crippen molar-refractivity contribution in [3.63, 3.8) is 0 Å². The van der Waals surface area contributed by atoms with Gasteiger partial charge >= 0.3 is 0 Å². The highest BCUT2D eigenvalue weighted by Gasteiger charge is 2.58. The Morgan fingerprint density at radius 1 is 1.19 bits per heavy atom. The fraction of sp³-hybridized carbons (Fsp3) is 0.722. The zero-order chi connectivity index (χ0) is 17.4. The molecule has 2 saturated heterocycles. The minimum atomic E-state index is 0. The molecular weight excluding hydrogens is 387 g/mol. The number of amides is 1. The Morgan fingerprint density at radius 3 is 2.48 bits per heavy atom. The Bertz CT molecular complexity index is 644. The van der Waals surface area contributed by atoms with Crippen LogP contribution in [0, 0.1) is 11.3 Å². The molecule has 27 heavy (non-hydrogen) atoms. The van der Waals surface area contributed by atoms with Gasteiger partial charge in [-0.2, -0.15) is 4.98 Å². The van der Waals surface area contributed by atoms with Crippen molar-refractivity contribution in [1.29, 1.82) is 0 Å². The van der Waals surface area contributed by atoms with Crippen LogP contribution in [0.1, 0.15) is 19.3 Å². The highest BCUT2D eigenvalue weighted by atomic mass is 35.5. The standard InChI is InChI=1S/C18H28N6O.2ClH/c1-22(2)17-20-6-3-15(21-17)23-9-11-24(12-10-23)16(25)14-13-18(14)4-7-19-8-5-18;;/h3,6,14,19H,4-5,7-13H2,1-2H3;2*1H. The SMILES string of the molecule is CN(C)c1nccc(N2CCN(C(=O)C3CC34CCNCC4)CC2)n1.Cl.Cl. The summed E-state index contributed by atoms with van der Waals surface area (Å²) < 4.78 is 0. The number of anilines is 2. The van der Waals surface area contributed by atoms with Crippen molar-refractivity contribution in [3.8, 4) is 0 Å². The van der Waals surface area contributed by atoms with Crippen LogP contribution in [-0.4, -0.2) is 74.1 Å². The van der Waals surface area contributed by atoms with E-state index < -0.39 is 0 Å². The first-order valence-electron chi connectivity index (χ1n) is 9.34. The van der Waals surface area contributed by atoms with Crippen molar-refractivity contribution in [2.45, 2.75) is 19.3 Å². The Labute approximate surface area is 173 Å². The maximum Gasteiger partial charge on any atom is 0.226 e. The topological polar surface area (TPSA) is 64.6 Å². The molecule has 1 aliphatic carbocycles. The van der Waals surface area contributed by atoms with E-state index in [4.69, 9.17) is 0 Å². The number of carbonyl (C=O) groups is 1. The first-order valence-corrected chi connectivity index (χ1v) is 9.34. The number of carbonyl (C=O) groups excluding carboxylic acids is 1. The Kier molecular flexibility index (Phi) is 7.16. The minimum absolute atomic E-state index is 0. The fourth-order valence-electron chi connectivity index (χ4n) is 4.28. The molecule has 3 aliphatic rings. The van der Waals surface area contributed by atoms with Crippen LogP contribution in [0.3, 0.4) is 0 Å². The predicted octanol–water partition coefficient (Wildman–Crippen LogP) is 1.42. The lowest BCUT2D eigenvalue weighted by atomic mass is 9.91. The van der Waals surface area contributed by atoms with E-state index in [1.54, 1.807) is 6.20 Å². The van der Waals surface area contributed by atoms with Crippen LogP contribution in [0.4, 0.5) is 11.8 Å². The van der Waals surface area contributed by atoms with E-state index >= 15 is 0 Å². The number of hydrogen-bond donors (Lipinski definition) is 1. The van der Waals surface area contributed by atoms with E-state index in [2.05, 4.69) is 25.1 Å². The van der Waals surface area contributed by atoms with Gasteiger partial charge < -0.3 is 20.0 Å². The summed E-state index contributed by atoms with van der Waals surface area (Å²) >= 11 is 0. The van der Waals surface area contributed by atoms with Crippen molar-refractivity contribution < 1.29 is 4.79 Å². The van der Waals surface area contributed by atoms with Crippen molar-refractivity contribution in [3.05, 3.63) is 12.3 Å². The number of piperidine rings is 1. The average Bonchev–Trinajstić information content (AvgIpc) is 3.34. The second kappa shape index (κ2) is 8.80. The zero-order valence-electron chi connectivity index (χ0n) is 16.1. The molecule has 9 heteroatoms. The van der Waals surface area contributed by atoms with Gasteiger partial charge in [-0.1, -0.05) is 0 Å². The van der Waals surface area contributed by atoms with Crippen LogP contribution in [0.5, 0.6) is 0 Å². The smallest absolute Gasteiger partial charge is 0.226 e. The lowest BCUT2D eigenvalue weighted by molar-refractivity contribution is -0.133. The van der Waals surface area contributed by atoms with Crippen LogP contribution in [0.15, 0.2) is 12.3 Å². The van der Waals surface area contributed by atoms with Gasteiger partial charge in [0.05, 0.1) is 0 Å². The molecule has 1 amide bonds. The van der Waals surface area contributed by atoms with Crippen LogP contribution in [-0.2, 0) is 4.79 Å². The monoisotopic (exact) mass is 416 g/mol. The number of piperazine rings is 1. The van der Waals surface area contributed by atoms with Crippen molar-refractivity contribution in [1.82, 2.24) is 20.2 Å². The molecule has 1 aromatic rings. The largest absolute Gasteiger partial charge is 0.353 e. The fourth-order valence-corrected chi connectivity index (χ4v) is 4.28. The molecule has 2 aliphatic heterocycles. The third-order valence-electron chi connectivity index (χ3n) is 6.03. The number of nitrogens with one attached hydrogen (secondary N) is 1. The van der Waals surface area contributed by atoms with E-state index in [0.717, 1.165) is 70.3 Å². The van der Waals surface area contributed by atoms with Gasteiger partial charge in [0, 0.05) is 52.4 Å². The molecule has 152 valence electrons. The Balaban J connectivity index is 0.00000131. The molecule has 7 nitrogen and oxygen atoms in total. The van der Waals surface area contributed by atoms with E-state index in [9.17, 15) is 4.79 Å². The normalized spacial score (nSPS) is 23.3. The molecule has 1 saturated carbocycles. The van der Waals surface area contributed by atoms with Crippen molar-refractivity contribution in [2.24, 2.45) is 11.3 Å². The highest BCUT2D eigenvalue weighted by Crippen LogP contribution is 2.59. The second-order valence-corrected chi connectivity index (χ2v) is 7.79. The lowest BCUT2D eigenvalue weighted by Gasteiger charge is -2.36. The molecule has 0 aromatic carbocycles. The molecule has 1 aromatic heterocycles. The maximum absolute atomic E-state index is 12.9. The van der Waals surface area contributed by atoms with Gasteiger partial charge in [-0.15, -0.1) is 24.8 Å². The molecule has 3 fully saturated rings. The van der Waals surface area contributed by atoms with Crippen molar-refractivity contribution >= 4 is 42.5 Å². The third-order valence-corrected chi connectivity index (χ3v) is 6.03. The molecule has 1 unspecified atom stereocenters. The molecule has 1 N–H and O–H groups in total. The van der Waals surface area contributed by atoms with Gasteiger partial charge in [0.1, 0.15) is 5.82 Å². The summed E-state index contributed by atoms with van der Waals surface area (Å²) in [7, 11) is 3.89. The lowest BCUT2D eigenvalue weighted by Crippen LogP contribution is -2.50. The number of halogens is 2. The van der Waals surface area contributed by atoms with Gasteiger partial charge in [-0.05, 0) is 43.8 Å². The quantitative estimate of drug-likeness (QED) is 0.803. The van der Waals surface area contributed by atoms with E-state index in [1.165, 1.54) is 0 Å². The summed E-state index contributed by atoms with van der Waals surface area (Å²) in [5, 5.41) is 3.41. The molecule has 0 bridgehead atoms. The molecule has 3 heterocycles. The van der Waals surface area contributed by atoms with Gasteiger partial charge in [0.25, 0.3) is 0 Å². The van der Waals surface area contributed by atoms with Gasteiger partial charge in [-0.3, -0.25) is 4.79 Å². The molecule has 1 atom stereocenters. The van der Waals surface area contributed by atoms with Gasteiger partial charge in [0.15, 0.2) is 0 Å². The summed E-state index contributed by atoms with van der Waals surface area (Å²) in [6.45, 7) is 5.42. The highest BCUT2D eigenvalue weighted by molar-refractivity contribution is 5.85. The van der Waals surface area contributed by atoms with Crippen LogP contribution >= 0.6 is 24.8 Å². The van der Waals surface area contributed by atoms with Crippen molar-refractivity contribution in [2.75, 3.05) is 63.2 Å². The number of nitrogens with zero attached hydrogens (tertiary/aromatic N) is 5. The summed E-state index contributed by atoms with van der Waals surface area (Å²) in [6, 6.07) is 1.95. The summed E-state index contributed by atoms with van der Waals surface area (Å²) in [5.74, 6) is 2.34. The number of rotatable bonds is 3. The molecular formula is C18H30Cl2N6O. The predicted molar refractivity (Wildman–Crippen MR) is 112 cm³/mol. The molecule has 1 spiro atoms. The summed E-state index contributed by atoms with van der Waals surface area (Å²) in [6.07, 6.45) is 5.24. The Morgan fingerprint density at radius 2 is 1.85 bits per heavy atom. The molecule has 0 radical (unpaired) electrons. The van der Waals surface area contributed by atoms with Gasteiger partial charge in [-0.25, -0.2) is 4.98 Å². The van der Waals surface area contributed by atoms with Crippen LogP contribution in [0.2, 0.25) is 0 Å². The maximum atomic E-state index is 12.9. The van der Waals surface area contributed by atoms with E-state index in [1.807, 2.05) is 25.1 Å². The first-order chi connectivity index (χ1) is 12.1. The summed E-state index contributed by atoms with van der Waals surface area (Å²) in [5.41, 5.74) is 0.326.